The normalized spacial score (nSPS) is 10.5. The predicted octanol–water partition coefficient (Wildman–Crippen LogP) is 1.95. The van der Waals surface area contributed by atoms with Gasteiger partial charge >= 0.3 is 0 Å². The minimum Gasteiger partial charge on any atom is -0.493 e. The van der Waals surface area contributed by atoms with Gasteiger partial charge in [-0.15, -0.1) is 0 Å². The molecule has 2 rings (SSSR count). The van der Waals surface area contributed by atoms with E-state index in [2.05, 4.69) is 5.32 Å². The highest BCUT2D eigenvalue weighted by molar-refractivity contribution is 5.21. The van der Waals surface area contributed by atoms with Crippen molar-refractivity contribution in [3.8, 4) is 5.75 Å². The van der Waals surface area contributed by atoms with Gasteiger partial charge in [0, 0.05) is 6.42 Å². The number of quaternary nitrogens is 1. The van der Waals surface area contributed by atoms with Gasteiger partial charge in [-0.2, -0.15) is 0 Å². The van der Waals surface area contributed by atoms with Crippen LogP contribution in [0.15, 0.2) is 47.1 Å². The molecule has 4 heteroatoms. The summed E-state index contributed by atoms with van der Waals surface area (Å²) in [6.45, 7) is 2.46. The van der Waals surface area contributed by atoms with Gasteiger partial charge in [0.2, 0.25) is 0 Å². The number of furan rings is 1. The molecular formula is C14H17FNO2+. The van der Waals surface area contributed by atoms with E-state index in [1.807, 2.05) is 12.1 Å². The molecule has 1 heterocycles. The maximum atomic E-state index is 12.6. The van der Waals surface area contributed by atoms with Crippen LogP contribution in [0.5, 0.6) is 5.75 Å². The smallest absolute Gasteiger partial charge is 0.157 e. The Morgan fingerprint density at radius 2 is 2.00 bits per heavy atom. The van der Waals surface area contributed by atoms with Crippen molar-refractivity contribution in [2.24, 2.45) is 0 Å². The van der Waals surface area contributed by atoms with Crippen LogP contribution in [0, 0.1) is 5.82 Å². The van der Waals surface area contributed by atoms with Crippen molar-refractivity contribution < 1.29 is 18.9 Å². The lowest BCUT2D eigenvalue weighted by molar-refractivity contribution is -0.672. The summed E-state index contributed by atoms with van der Waals surface area (Å²) < 4.78 is 23.4. The van der Waals surface area contributed by atoms with Crippen molar-refractivity contribution in [2.75, 3.05) is 13.2 Å². The molecule has 96 valence electrons. The number of halogens is 1. The van der Waals surface area contributed by atoms with E-state index >= 15 is 0 Å². The molecule has 0 saturated heterocycles. The first-order chi connectivity index (χ1) is 8.84. The van der Waals surface area contributed by atoms with E-state index in [0.717, 1.165) is 25.3 Å². The first-order valence-corrected chi connectivity index (χ1v) is 6.07. The van der Waals surface area contributed by atoms with E-state index in [-0.39, 0.29) is 5.82 Å². The Kier molecular flexibility index (Phi) is 4.78. The monoisotopic (exact) mass is 250 g/mol. The van der Waals surface area contributed by atoms with E-state index in [1.165, 1.54) is 12.1 Å². The van der Waals surface area contributed by atoms with Gasteiger partial charge in [-0.05, 0) is 36.4 Å². The number of rotatable bonds is 7. The van der Waals surface area contributed by atoms with Crippen LogP contribution in [0.1, 0.15) is 12.2 Å². The first-order valence-electron chi connectivity index (χ1n) is 6.07. The maximum absolute atomic E-state index is 12.6. The van der Waals surface area contributed by atoms with Crippen LogP contribution in [0.4, 0.5) is 4.39 Å². The van der Waals surface area contributed by atoms with Crippen LogP contribution in [0.2, 0.25) is 0 Å². The van der Waals surface area contributed by atoms with Gasteiger partial charge in [-0.3, -0.25) is 0 Å². The summed E-state index contributed by atoms with van der Waals surface area (Å²) in [7, 11) is 0. The van der Waals surface area contributed by atoms with Crippen LogP contribution >= 0.6 is 0 Å². The molecule has 0 bridgehead atoms. The molecule has 0 atom stereocenters. The molecule has 0 amide bonds. The van der Waals surface area contributed by atoms with Crippen LogP contribution in [-0.4, -0.2) is 13.2 Å². The second kappa shape index (κ2) is 6.81. The molecule has 0 aliphatic carbocycles. The van der Waals surface area contributed by atoms with E-state index < -0.39 is 0 Å². The van der Waals surface area contributed by atoms with Gasteiger partial charge < -0.3 is 14.5 Å². The van der Waals surface area contributed by atoms with Gasteiger partial charge in [-0.1, -0.05) is 0 Å². The molecule has 18 heavy (non-hydrogen) atoms. The summed E-state index contributed by atoms with van der Waals surface area (Å²) >= 11 is 0. The van der Waals surface area contributed by atoms with Crippen molar-refractivity contribution in [1.82, 2.24) is 0 Å². The van der Waals surface area contributed by atoms with Crippen LogP contribution in [-0.2, 0) is 6.54 Å². The molecule has 0 unspecified atom stereocenters. The van der Waals surface area contributed by atoms with E-state index in [4.69, 9.17) is 9.15 Å². The van der Waals surface area contributed by atoms with E-state index in [9.17, 15) is 4.39 Å². The van der Waals surface area contributed by atoms with Gasteiger partial charge in [0.05, 0.1) is 19.4 Å². The molecule has 0 fully saturated rings. The predicted molar refractivity (Wildman–Crippen MR) is 65.7 cm³/mol. The van der Waals surface area contributed by atoms with Gasteiger partial charge in [0.25, 0.3) is 0 Å². The molecule has 0 spiro atoms. The van der Waals surface area contributed by atoms with Crippen LogP contribution in [0.3, 0.4) is 0 Å². The number of benzene rings is 1. The Bertz CT molecular complexity index is 439. The highest BCUT2D eigenvalue weighted by atomic mass is 19.1. The summed E-state index contributed by atoms with van der Waals surface area (Å²) in [5, 5.41) is 2.17. The Labute approximate surface area is 106 Å². The fourth-order valence-corrected chi connectivity index (χ4v) is 1.62. The number of hydrogen-bond donors (Lipinski definition) is 1. The highest BCUT2D eigenvalue weighted by Crippen LogP contribution is 2.10. The summed E-state index contributed by atoms with van der Waals surface area (Å²) in [5.41, 5.74) is 0. The Balaban J connectivity index is 1.55. The molecule has 1 aromatic heterocycles. The molecule has 2 N–H and O–H groups in total. The first kappa shape index (κ1) is 12.6. The zero-order valence-electron chi connectivity index (χ0n) is 10.1. The molecule has 0 aliphatic heterocycles. The number of hydrogen-bond acceptors (Lipinski definition) is 2. The van der Waals surface area contributed by atoms with Crippen LogP contribution < -0.4 is 10.1 Å². The van der Waals surface area contributed by atoms with Crippen molar-refractivity contribution >= 4 is 0 Å². The SMILES string of the molecule is Fc1ccc(OCCC[NH2+]Cc2ccco2)cc1. The Morgan fingerprint density at radius 3 is 2.72 bits per heavy atom. The lowest BCUT2D eigenvalue weighted by Gasteiger charge is -2.05. The lowest BCUT2D eigenvalue weighted by atomic mass is 10.3. The average Bonchev–Trinajstić information content (AvgIpc) is 2.89. The fourth-order valence-electron chi connectivity index (χ4n) is 1.62. The Hall–Kier alpha value is -1.81. The maximum Gasteiger partial charge on any atom is 0.157 e. The molecule has 0 radical (unpaired) electrons. The third-order valence-corrected chi connectivity index (χ3v) is 2.56. The lowest BCUT2D eigenvalue weighted by Crippen LogP contribution is -2.82. The van der Waals surface area contributed by atoms with Crippen molar-refractivity contribution in [3.63, 3.8) is 0 Å². The second-order valence-corrected chi connectivity index (χ2v) is 4.02. The van der Waals surface area contributed by atoms with Crippen molar-refractivity contribution in [3.05, 3.63) is 54.2 Å². The number of nitrogens with two attached hydrogens (primary N) is 1. The molecule has 0 aliphatic rings. The summed E-state index contributed by atoms with van der Waals surface area (Å²) in [5.74, 6) is 1.45. The second-order valence-electron chi connectivity index (χ2n) is 4.02. The standard InChI is InChI=1S/C14H16FNO2/c15-12-4-6-13(7-5-12)17-10-2-8-16-11-14-3-1-9-18-14/h1,3-7,9,16H,2,8,10-11H2/p+1. The van der Waals surface area contributed by atoms with E-state index in [1.54, 1.807) is 18.4 Å². The molecule has 2 aromatic rings. The summed E-state index contributed by atoms with van der Waals surface area (Å²) in [6, 6.07) is 9.94. The Morgan fingerprint density at radius 1 is 1.17 bits per heavy atom. The van der Waals surface area contributed by atoms with Crippen molar-refractivity contribution in [1.29, 1.82) is 0 Å². The summed E-state index contributed by atoms with van der Waals surface area (Å²) in [4.78, 5) is 0. The largest absolute Gasteiger partial charge is 0.493 e. The third-order valence-electron chi connectivity index (χ3n) is 2.56. The van der Waals surface area contributed by atoms with Gasteiger partial charge in [-0.25, -0.2) is 4.39 Å². The van der Waals surface area contributed by atoms with Crippen LogP contribution in [0.25, 0.3) is 0 Å². The third kappa shape index (κ3) is 4.22. The van der Waals surface area contributed by atoms with Gasteiger partial charge in [0.15, 0.2) is 5.76 Å². The van der Waals surface area contributed by atoms with Crippen molar-refractivity contribution in [2.45, 2.75) is 13.0 Å². The molecule has 0 saturated carbocycles. The fraction of sp³-hybridized carbons (Fsp3) is 0.286. The molecular weight excluding hydrogens is 233 g/mol. The zero-order valence-corrected chi connectivity index (χ0v) is 10.1. The topological polar surface area (TPSA) is 39.0 Å². The minimum atomic E-state index is -0.242. The van der Waals surface area contributed by atoms with E-state index in [0.29, 0.717) is 12.4 Å². The quantitative estimate of drug-likeness (QED) is 0.763. The minimum absolute atomic E-state index is 0.242. The summed E-state index contributed by atoms with van der Waals surface area (Å²) in [6.07, 6.45) is 2.62. The number of ether oxygens (including phenoxy) is 1. The zero-order chi connectivity index (χ0) is 12.6. The highest BCUT2D eigenvalue weighted by Gasteiger charge is 1.98. The average molecular weight is 250 g/mol. The van der Waals surface area contributed by atoms with Gasteiger partial charge in [0.1, 0.15) is 18.1 Å². The molecule has 3 nitrogen and oxygen atoms in total. The molecule has 1 aromatic carbocycles.